The summed E-state index contributed by atoms with van der Waals surface area (Å²) in [4.78, 5) is 0. The Labute approximate surface area is 90.6 Å². The molecular formula is C11H20N2O2. The Morgan fingerprint density at radius 3 is 2.87 bits per heavy atom. The van der Waals surface area contributed by atoms with Crippen LogP contribution in [0.2, 0.25) is 0 Å². The highest BCUT2D eigenvalue weighted by atomic mass is 16.5. The molecule has 0 spiro atoms. The molecule has 0 aromatic carbocycles. The van der Waals surface area contributed by atoms with Gasteiger partial charge in [-0.15, -0.1) is 0 Å². The van der Waals surface area contributed by atoms with E-state index in [1.165, 1.54) is 0 Å². The number of ether oxygens (including phenoxy) is 2. The molecular weight excluding hydrogens is 192 g/mol. The van der Waals surface area contributed by atoms with E-state index in [0.717, 1.165) is 45.7 Å². The zero-order valence-corrected chi connectivity index (χ0v) is 9.13. The summed E-state index contributed by atoms with van der Waals surface area (Å²) in [5.41, 5.74) is 5.63. The molecule has 2 aliphatic rings. The predicted octanol–water partition coefficient (Wildman–Crippen LogP) is 1.15. The van der Waals surface area contributed by atoms with Crippen molar-refractivity contribution in [3.05, 3.63) is 0 Å². The highest BCUT2D eigenvalue weighted by Gasteiger charge is 2.43. The SMILES string of the molecule is N=C(N)CC1(COCC2CCOC2)CC1. The summed E-state index contributed by atoms with van der Waals surface area (Å²) in [5.74, 6) is 0.874. The third-order valence-electron chi connectivity index (χ3n) is 3.31. The standard InChI is InChI=1S/C11H20N2O2/c12-10(13)5-11(2-3-11)8-15-7-9-1-4-14-6-9/h9H,1-8H2,(H3,12,13). The fraction of sp³-hybridized carbons (Fsp3) is 0.909. The molecule has 1 atom stereocenters. The van der Waals surface area contributed by atoms with E-state index in [1.807, 2.05) is 0 Å². The molecule has 1 saturated heterocycles. The molecule has 15 heavy (non-hydrogen) atoms. The van der Waals surface area contributed by atoms with Crippen LogP contribution in [-0.2, 0) is 9.47 Å². The summed E-state index contributed by atoms with van der Waals surface area (Å²) in [6, 6.07) is 0. The van der Waals surface area contributed by atoms with Gasteiger partial charge in [0.1, 0.15) is 0 Å². The first kappa shape index (κ1) is 10.9. The van der Waals surface area contributed by atoms with Gasteiger partial charge in [0.15, 0.2) is 0 Å². The molecule has 2 fully saturated rings. The molecule has 0 radical (unpaired) electrons. The summed E-state index contributed by atoms with van der Waals surface area (Å²) in [5, 5.41) is 7.29. The van der Waals surface area contributed by atoms with E-state index >= 15 is 0 Å². The number of nitrogens with one attached hydrogen (secondary N) is 1. The summed E-state index contributed by atoms with van der Waals surface area (Å²) in [6.07, 6.45) is 4.15. The van der Waals surface area contributed by atoms with Gasteiger partial charge in [-0.2, -0.15) is 0 Å². The van der Waals surface area contributed by atoms with E-state index in [-0.39, 0.29) is 5.41 Å². The highest BCUT2D eigenvalue weighted by molar-refractivity contribution is 5.78. The van der Waals surface area contributed by atoms with Crippen LogP contribution in [0.3, 0.4) is 0 Å². The van der Waals surface area contributed by atoms with E-state index in [9.17, 15) is 0 Å². The van der Waals surface area contributed by atoms with Crippen LogP contribution < -0.4 is 5.73 Å². The van der Waals surface area contributed by atoms with Crippen molar-refractivity contribution in [2.75, 3.05) is 26.4 Å². The Balaban J connectivity index is 1.62. The van der Waals surface area contributed by atoms with Crippen LogP contribution in [0, 0.1) is 16.7 Å². The van der Waals surface area contributed by atoms with Gasteiger partial charge >= 0.3 is 0 Å². The maximum absolute atomic E-state index is 7.29. The quantitative estimate of drug-likeness (QED) is 0.512. The number of hydrogen-bond donors (Lipinski definition) is 2. The molecule has 1 aliphatic carbocycles. The molecule has 4 nitrogen and oxygen atoms in total. The topological polar surface area (TPSA) is 68.3 Å². The Morgan fingerprint density at radius 1 is 1.53 bits per heavy atom. The molecule has 0 aromatic rings. The van der Waals surface area contributed by atoms with E-state index in [4.69, 9.17) is 20.6 Å². The van der Waals surface area contributed by atoms with Crippen LogP contribution in [0.5, 0.6) is 0 Å². The lowest BCUT2D eigenvalue weighted by Gasteiger charge is -2.16. The van der Waals surface area contributed by atoms with Gasteiger partial charge in [-0.05, 0) is 19.3 Å². The lowest BCUT2D eigenvalue weighted by atomic mass is 10.0. The van der Waals surface area contributed by atoms with Crippen LogP contribution in [0.15, 0.2) is 0 Å². The molecule has 1 saturated carbocycles. The van der Waals surface area contributed by atoms with Crippen molar-refractivity contribution in [3.63, 3.8) is 0 Å². The second kappa shape index (κ2) is 4.49. The normalized spacial score (nSPS) is 27.9. The second-order valence-electron chi connectivity index (χ2n) is 4.95. The minimum absolute atomic E-state index is 0.214. The van der Waals surface area contributed by atoms with E-state index < -0.39 is 0 Å². The molecule has 1 aliphatic heterocycles. The summed E-state index contributed by atoms with van der Waals surface area (Å²) >= 11 is 0. The fourth-order valence-electron chi connectivity index (χ4n) is 2.11. The van der Waals surface area contributed by atoms with E-state index in [1.54, 1.807) is 0 Å². The lowest BCUT2D eigenvalue weighted by Crippen LogP contribution is -2.22. The number of rotatable bonds is 6. The number of nitrogens with two attached hydrogens (primary N) is 1. The molecule has 0 aromatic heterocycles. The Morgan fingerprint density at radius 2 is 2.33 bits per heavy atom. The third-order valence-corrected chi connectivity index (χ3v) is 3.31. The highest BCUT2D eigenvalue weighted by Crippen LogP contribution is 2.48. The van der Waals surface area contributed by atoms with Crippen molar-refractivity contribution in [1.29, 1.82) is 5.41 Å². The van der Waals surface area contributed by atoms with Crippen molar-refractivity contribution in [3.8, 4) is 0 Å². The van der Waals surface area contributed by atoms with E-state index in [2.05, 4.69) is 0 Å². The monoisotopic (exact) mass is 212 g/mol. The maximum atomic E-state index is 7.29. The Kier molecular flexibility index (Phi) is 3.26. The summed E-state index contributed by atoms with van der Waals surface area (Å²) in [6.45, 7) is 3.30. The predicted molar refractivity (Wildman–Crippen MR) is 57.9 cm³/mol. The largest absolute Gasteiger partial charge is 0.388 e. The first-order chi connectivity index (χ1) is 7.20. The van der Waals surface area contributed by atoms with Gasteiger partial charge in [0.25, 0.3) is 0 Å². The summed E-state index contributed by atoms with van der Waals surface area (Å²) in [7, 11) is 0. The van der Waals surface area contributed by atoms with Crippen LogP contribution in [-0.4, -0.2) is 32.3 Å². The second-order valence-corrected chi connectivity index (χ2v) is 4.95. The first-order valence-corrected chi connectivity index (χ1v) is 5.69. The molecule has 3 N–H and O–H groups in total. The molecule has 86 valence electrons. The average molecular weight is 212 g/mol. The van der Waals surface area contributed by atoms with Gasteiger partial charge in [0, 0.05) is 24.4 Å². The van der Waals surface area contributed by atoms with Gasteiger partial charge in [-0.1, -0.05) is 0 Å². The number of hydrogen-bond acceptors (Lipinski definition) is 3. The molecule has 2 rings (SSSR count). The molecule has 0 bridgehead atoms. The minimum atomic E-state index is 0.214. The van der Waals surface area contributed by atoms with Gasteiger partial charge in [0.05, 0.1) is 25.7 Å². The minimum Gasteiger partial charge on any atom is -0.388 e. The van der Waals surface area contributed by atoms with Crippen molar-refractivity contribution in [1.82, 2.24) is 0 Å². The van der Waals surface area contributed by atoms with Crippen molar-refractivity contribution in [2.45, 2.75) is 25.7 Å². The van der Waals surface area contributed by atoms with Crippen LogP contribution in [0.4, 0.5) is 0 Å². The van der Waals surface area contributed by atoms with Gasteiger partial charge in [-0.25, -0.2) is 0 Å². The summed E-state index contributed by atoms with van der Waals surface area (Å²) < 4.78 is 11.0. The molecule has 0 amide bonds. The average Bonchev–Trinajstić information content (AvgIpc) is 2.74. The van der Waals surface area contributed by atoms with E-state index in [0.29, 0.717) is 18.2 Å². The van der Waals surface area contributed by atoms with Crippen molar-refractivity contribution >= 4 is 5.84 Å². The van der Waals surface area contributed by atoms with Crippen LogP contribution in [0.25, 0.3) is 0 Å². The Hall–Kier alpha value is -0.610. The lowest BCUT2D eigenvalue weighted by molar-refractivity contribution is 0.0601. The van der Waals surface area contributed by atoms with Crippen LogP contribution >= 0.6 is 0 Å². The van der Waals surface area contributed by atoms with Crippen molar-refractivity contribution < 1.29 is 9.47 Å². The van der Waals surface area contributed by atoms with Gasteiger partial charge in [0.2, 0.25) is 0 Å². The molecule has 1 heterocycles. The first-order valence-electron chi connectivity index (χ1n) is 5.69. The zero-order chi connectivity index (χ0) is 10.7. The van der Waals surface area contributed by atoms with Crippen LogP contribution in [0.1, 0.15) is 25.7 Å². The zero-order valence-electron chi connectivity index (χ0n) is 9.13. The molecule has 4 heteroatoms. The smallest absolute Gasteiger partial charge is 0.0911 e. The van der Waals surface area contributed by atoms with Gasteiger partial charge in [-0.3, -0.25) is 5.41 Å². The van der Waals surface area contributed by atoms with Gasteiger partial charge < -0.3 is 15.2 Å². The Bertz CT molecular complexity index is 233. The molecule has 1 unspecified atom stereocenters. The maximum Gasteiger partial charge on any atom is 0.0911 e. The number of amidine groups is 1. The van der Waals surface area contributed by atoms with Crippen molar-refractivity contribution in [2.24, 2.45) is 17.1 Å². The third kappa shape index (κ3) is 3.18. The fourth-order valence-corrected chi connectivity index (χ4v) is 2.11.